The van der Waals surface area contributed by atoms with Crippen molar-refractivity contribution in [1.29, 1.82) is 0 Å². The zero-order valence-corrected chi connectivity index (χ0v) is 28.8. The maximum atomic E-state index is 14.0. The number of hydrogen-bond acceptors (Lipinski definition) is 8. The van der Waals surface area contributed by atoms with Crippen LogP contribution in [0.15, 0.2) is 54.6 Å². The number of amides is 3. The number of cyclic esters (lactones) is 1. The second-order valence-electron chi connectivity index (χ2n) is 13.4. The molecule has 7 atom stereocenters. The Morgan fingerprint density at radius 2 is 1.73 bits per heavy atom. The quantitative estimate of drug-likeness (QED) is 0.363. The average molecular weight is 663 g/mol. The average Bonchev–Trinajstić information content (AvgIpc) is 3.08. The fourth-order valence-corrected chi connectivity index (χ4v) is 6.21. The van der Waals surface area contributed by atoms with Gasteiger partial charge in [0.1, 0.15) is 30.5 Å². The molecule has 2 aromatic carbocycles. The molecule has 4 bridgehead atoms. The molecule has 48 heavy (non-hydrogen) atoms. The van der Waals surface area contributed by atoms with Crippen molar-refractivity contribution in [2.75, 3.05) is 13.7 Å². The second kappa shape index (κ2) is 16.7. The summed E-state index contributed by atoms with van der Waals surface area (Å²) in [4.78, 5) is 54.7. The van der Waals surface area contributed by atoms with Gasteiger partial charge in [0, 0.05) is 26.0 Å². The normalized spacial score (nSPS) is 28.8. The van der Waals surface area contributed by atoms with E-state index >= 15 is 0 Å². The van der Waals surface area contributed by atoms with E-state index in [1.165, 1.54) is 17.1 Å². The second-order valence-corrected chi connectivity index (χ2v) is 13.4. The van der Waals surface area contributed by atoms with Gasteiger partial charge in [0.2, 0.25) is 11.8 Å². The van der Waals surface area contributed by atoms with Crippen LogP contribution in [-0.4, -0.2) is 71.7 Å². The van der Waals surface area contributed by atoms with Gasteiger partial charge < -0.3 is 25.2 Å². The van der Waals surface area contributed by atoms with E-state index in [4.69, 9.17) is 9.47 Å². The number of phenols is 1. The van der Waals surface area contributed by atoms with Crippen molar-refractivity contribution in [3.05, 3.63) is 71.3 Å². The van der Waals surface area contributed by atoms with E-state index < -0.39 is 41.8 Å². The topological polar surface area (TPSA) is 146 Å². The van der Waals surface area contributed by atoms with Gasteiger partial charge >= 0.3 is 5.97 Å². The van der Waals surface area contributed by atoms with Crippen LogP contribution >= 0.6 is 0 Å². The van der Waals surface area contributed by atoms with Gasteiger partial charge in [-0.3, -0.25) is 24.2 Å². The molecule has 0 aromatic heterocycles. The van der Waals surface area contributed by atoms with Crippen LogP contribution in [-0.2, 0) is 41.7 Å². The van der Waals surface area contributed by atoms with Gasteiger partial charge in [0.05, 0.1) is 6.10 Å². The van der Waals surface area contributed by atoms with E-state index in [-0.39, 0.29) is 48.5 Å². The Labute approximate surface area is 283 Å². The number of rotatable bonds is 4. The first-order valence-corrected chi connectivity index (χ1v) is 16.8. The van der Waals surface area contributed by atoms with E-state index in [0.717, 1.165) is 11.1 Å². The van der Waals surface area contributed by atoms with Crippen molar-refractivity contribution < 1.29 is 33.8 Å². The number of nitrogens with one attached hydrogen (secondary N) is 3. The van der Waals surface area contributed by atoms with Crippen molar-refractivity contribution in [2.45, 2.75) is 84.7 Å². The Hall–Kier alpha value is -4.22. The predicted octanol–water partition coefficient (Wildman–Crippen LogP) is 3.75. The highest BCUT2D eigenvalue weighted by molar-refractivity contribution is 5.93. The first-order valence-electron chi connectivity index (χ1n) is 16.8. The number of carbonyl (C=O) groups is 4. The van der Waals surface area contributed by atoms with E-state index in [2.05, 4.69) is 16.1 Å². The van der Waals surface area contributed by atoms with Crippen molar-refractivity contribution in [1.82, 2.24) is 21.1 Å². The van der Waals surface area contributed by atoms with Gasteiger partial charge in [0.25, 0.3) is 5.91 Å². The van der Waals surface area contributed by atoms with E-state index in [0.29, 0.717) is 24.9 Å². The SMILES string of the molecule is CO[C@H]1/C=C/c2cccc(c2)COC(=O)[C@@H]2CCCN(N2)C(=O)[C@H](Cc2cccc(O)c2)NC(=O)[C@H](C(C)C)NC(=O)[C@H](C)[C@H](C)[C@H]1C. The maximum absolute atomic E-state index is 14.0. The maximum Gasteiger partial charge on any atom is 0.325 e. The Morgan fingerprint density at radius 3 is 2.44 bits per heavy atom. The van der Waals surface area contributed by atoms with Gasteiger partial charge in [-0.1, -0.05) is 77.1 Å². The third kappa shape index (κ3) is 9.44. The van der Waals surface area contributed by atoms with Gasteiger partial charge in [-0.25, -0.2) is 5.43 Å². The van der Waals surface area contributed by atoms with Crippen LogP contribution in [0.5, 0.6) is 5.75 Å². The zero-order valence-electron chi connectivity index (χ0n) is 28.8. The summed E-state index contributed by atoms with van der Waals surface area (Å²) >= 11 is 0. The van der Waals surface area contributed by atoms with Crippen molar-refractivity contribution in [3.8, 4) is 5.75 Å². The zero-order chi connectivity index (χ0) is 35.0. The fourth-order valence-electron chi connectivity index (χ4n) is 6.21. The Kier molecular flexibility index (Phi) is 12.8. The molecule has 2 aromatic rings. The highest BCUT2D eigenvalue weighted by Gasteiger charge is 2.36. The summed E-state index contributed by atoms with van der Waals surface area (Å²) in [6, 6.07) is 11.4. The molecule has 0 saturated carbocycles. The Morgan fingerprint density at radius 1 is 0.979 bits per heavy atom. The summed E-state index contributed by atoms with van der Waals surface area (Å²) in [5.41, 5.74) is 5.38. The fraction of sp³-hybridized carbons (Fsp3) is 0.514. The van der Waals surface area contributed by atoms with Crippen LogP contribution in [0.3, 0.4) is 0 Å². The van der Waals surface area contributed by atoms with Crippen LogP contribution in [0.1, 0.15) is 64.2 Å². The number of aromatic hydroxyl groups is 1. The monoisotopic (exact) mass is 662 g/mol. The summed E-state index contributed by atoms with van der Waals surface area (Å²) in [6.07, 6.45) is 4.74. The summed E-state index contributed by atoms with van der Waals surface area (Å²) in [5, 5.41) is 17.3. The van der Waals surface area contributed by atoms with E-state index in [9.17, 15) is 24.3 Å². The molecule has 4 rings (SSSR count). The molecule has 2 aliphatic rings. The highest BCUT2D eigenvalue weighted by Crippen LogP contribution is 2.27. The lowest BCUT2D eigenvalue weighted by Crippen LogP contribution is -2.62. The molecule has 0 aliphatic carbocycles. The highest BCUT2D eigenvalue weighted by atomic mass is 16.5. The molecular weight excluding hydrogens is 612 g/mol. The minimum absolute atomic E-state index is 0.0324. The van der Waals surface area contributed by atoms with E-state index in [1.54, 1.807) is 19.2 Å². The number of hydrogen-bond donors (Lipinski definition) is 4. The molecule has 2 heterocycles. The molecule has 11 nitrogen and oxygen atoms in total. The molecular formula is C37H50N4O7. The van der Waals surface area contributed by atoms with E-state index in [1.807, 2.05) is 71.0 Å². The first-order chi connectivity index (χ1) is 22.9. The van der Waals surface area contributed by atoms with Crippen LogP contribution in [0.25, 0.3) is 6.08 Å². The number of esters is 1. The number of ether oxygens (including phenoxy) is 2. The minimum atomic E-state index is -1.05. The first kappa shape index (κ1) is 36.6. The standard InChI is InChI=1S/C37H50N4O7/c1-22(2)33-35(44)38-31(20-27-11-8-13-29(42)19-27)36(45)41-17-9-14-30(40-41)37(46)48-21-28-12-7-10-26(18-28)15-16-32(47-6)24(4)23(3)25(5)34(43)39-33/h7-8,10-13,15-16,18-19,22-25,30-33,40,42H,9,14,17,20-21H2,1-6H3,(H,38,44)(H,39,43)/b16-15+/t23-,24-,25-,30+,31+,32+,33+/m1/s1. The molecule has 0 unspecified atom stereocenters. The van der Waals surface area contributed by atoms with Crippen molar-refractivity contribution in [2.24, 2.45) is 23.7 Å². The summed E-state index contributed by atoms with van der Waals surface area (Å²) in [5.74, 6) is -2.56. The number of benzene rings is 2. The number of hydrazine groups is 1. The van der Waals surface area contributed by atoms with Crippen LogP contribution in [0.2, 0.25) is 0 Å². The summed E-state index contributed by atoms with van der Waals surface area (Å²) in [7, 11) is 1.64. The molecule has 1 saturated heterocycles. The number of phenolic OH excluding ortho intramolecular Hbond substituents is 1. The van der Waals surface area contributed by atoms with Crippen LogP contribution in [0, 0.1) is 23.7 Å². The predicted molar refractivity (Wildman–Crippen MR) is 182 cm³/mol. The van der Waals surface area contributed by atoms with Crippen molar-refractivity contribution >= 4 is 29.8 Å². The largest absolute Gasteiger partial charge is 0.508 e. The third-order valence-corrected chi connectivity index (χ3v) is 9.58. The molecule has 11 heteroatoms. The minimum Gasteiger partial charge on any atom is -0.508 e. The smallest absolute Gasteiger partial charge is 0.325 e. The lowest BCUT2D eigenvalue weighted by Gasteiger charge is -2.35. The summed E-state index contributed by atoms with van der Waals surface area (Å²) in [6.45, 7) is 9.93. The lowest BCUT2D eigenvalue weighted by atomic mass is 9.81. The number of fused-ring (bicyclic) bond motifs is 4. The van der Waals surface area contributed by atoms with Crippen LogP contribution in [0.4, 0.5) is 0 Å². The molecule has 0 spiro atoms. The molecule has 0 radical (unpaired) electrons. The Balaban J connectivity index is 1.68. The molecule has 1 fully saturated rings. The molecule has 260 valence electrons. The van der Waals surface area contributed by atoms with Gasteiger partial charge in [-0.05, 0) is 65.5 Å². The molecule has 2 aliphatic heterocycles. The Bertz CT molecular complexity index is 1480. The van der Waals surface area contributed by atoms with Gasteiger partial charge in [-0.2, -0.15) is 0 Å². The summed E-state index contributed by atoms with van der Waals surface area (Å²) < 4.78 is 11.5. The lowest BCUT2D eigenvalue weighted by molar-refractivity contribution is -0.154. The number of carbonyl (C=O) groups excluding carboxylic acids is 4. The number of nitrogens with zero attached hydrogens (tertiary/aromatic N) is 1. The molecule has 3 amide bonds. The van der Waals surface area contributed by atoms with Gasteiger partial charge in [-0.15, -0.1) is 0 Å². The van der Waals surface area contributed by atoms with Gasteiger partial charge in [0.15, 0.2) is 0 Å². The van der Waals surface area contributed by atoms with Crippen molar-refractivity contribution in [3.63, 3.8) is 0 Å². The molecule has 4 N–H and O–H groups in total. The van der Waals surface area contributed by atoms with Crippen LogP contribution < -0.4 is 16.1 Å². The third-order valence-electron chi connectivity index (χ3n) is 9.58. The number of methoxy groups -OCH3 is 1.